The third kappa shape index (κ3) is 16.1. The second kappa shape index (κ2) is 30.5. The lowest BCUT2D eigenvalue weighted by atomic mass is 9.81. The lowest BCUT2D eigenvalue weighted by Gasteiger charge is -2.47. The molecule has 0 aromatic heterocycles. The van der Waals surface area contributed by atoms with E-state index in [2.05, 4.69) is 6.58 Å². The zero-order valence-electron chi connectivity index (χ0n) is 47.4. The average molecular weight is 1150 g/mol. The Hall–Kier alpha value is -3.22. The summed E-state index contributed by atoms with van der Waals surface area (Å²) in [6.07, 6.45) is -10.6. The number of piperidine rings is 1. The topological polar surface area (TPSA) is 368 Å². The molecule has 4 saturated heterocycles. The number of amides is 1. The van der Waals surface area contributed by atoms with Crippen LogP contribution >= 0.6 is 0 Å². The summed E-state index contributed by atoms with van der Waals surface area (Å²) in [5, 5.41) is 111. The van der Waals surface area contributed by atoms with E-state index in [1.54, 1.807) is 27.0 Å². The Balaban J connectivity index is 0.000000424. The molecule has 1 saturated carbocycles. The Kier molecular flexibility index (Phi) is 25.8. The van der Waals surface area contributed by atoms with Crippen LogP contribution in [-0.2, 0) is 57.1 Å². The molecule has 0 spiro atoms. The van der Waals surface area contributed by atoms with Crippen molar-refractivity contribution in [2.45, 2.75) is 221 Å². The average Bonchev–Trinajstić information content (AvgIpc) is 3.60. The highest BCUT2D eigenvalue weighted by atomic mass is 16.7. The first-order chi connectivity index (χ1) is 37.8. The van der Waals surface area contributed by atoms with Gasteiger partial charge >= 0.3 is 5.97 Å². The fourth-order valence-electron chi connectivity index (χ4n) is 12.0. The van der Waals surface area contributed by atoms with Gasteiger partial charge in [0.05, 0.1) is 43.7 Å². The standard InChI is InChI=1S/C44H69NO12.C12H22O11/c1-10-13-31-19-25(2)18-26(3)20-37(54-8)40-38(55-9)22-28(5)44(52,57-40)41(49)42(50)45-17-12-11-14-32(45)43(51)56-39(29(6)34(47)24-35(31)48)27(4)21-30-15-16-33(46)36(23-30)53-7;13-1-3-5(15)6(16)9(19)12(22-3)23-10-4(2-14)21-11(20)8(18)7(10)17/h10,19,21,26,28-34,36-40,46-47,52H,1,11-18,20,22-24H2,2-9H3;3-20H,1-2H2/b25-19+,27-21+;/t26-,28+,29+,30-,31+,32-,33+,34-,36+,37-,38-,39+,40+,44+;3-,4-,5+,6+,7-,8-,9-,10-,11?,12+/m01/s1. The van der Waals surface area contributed by atoms with E-state index in [1.165, 1.54) is 19.1 Å². The Morgan fingerprint density at radius 2 is 1.43 bits per heavy atom. The first-order valence-electron chi connectivity index (χ1n) is 28.0. The largest absolute Gasteiger partial charge is 0.456 e. The van der Waals surface area contributed by atoms with E-state index in [1.807, 2.05) is 32.9 Å². The van der Waals surface area contributed by atoms with Gasteiger partial charge in [-0.3, -0.25) is 14.4 Å². The molecule has 1 unspecified atom stereocenters. The number of Topliss-reactive ketones (excluding diaryl/α,β-unsaturated/α-hetero) is 2. The minimum absolute atomic E-state index is 0.00988. The number of aliphatic hydroxyl groups excluding tert-OH is 10. The summed E-state index contributed by atoms with van der Waals surface area (Å²) in [5.41, 5.74) is 1.61. The van der Waals surface area contributed by atoms with E-state index in [4.69, 9.17) is 43.0 Å². The molecule has 5 aliphatic heterocycles. The molecule has 80 heavy (non-hydrogen) atoms. The van der Waals surface area contributed by atoms with Gasteiger partial charge in [-0.25, -0.2) is 4.79 Å². The molecule has 1 amide bonds. The molecule has 0 aromatic carbocycles. The van der Waals surface area contributed by atoms with Crippen LogP contribution in [0, 0.1) is 29.6 Å². The number of rotatable bonds is 11. The molecule has 6 rings (SSSR count). The van der Waals surface area contributed by atoms with Crippen molar-refractivity contribution in [3.05, 3.63) is 36.0 Å². The molecule has 24 atom stereocenters. The van der Waals surface area contributed by atoms with Crippen LogP contribution in [0.2, 0.25) is 0 Å². The normalized spacial score (nSPS) is 44.0. The second-order valence-corrected chi connectivity index (χ2v) is 22.8. The lowest BCUT2D eigenvalue weighted by molar-refractivity contribution is -0.355. The molecule has 24 nitrogen and oxygen atoms in total. The smallest absolute Gasteiger partial charge is 0.329 e. The zero-order valence-corrected chi connectivity index (χ0v) is 47.4. The minimum Gasteiger partial charge on any atom is -0.456 e. The van der Waals surface area contributed by atoms with Crippen LogP contribution in [0.15, 0.2) is 36.0 Å². The van der Waals surface area contributed by atoms with E-state index in [-0.39, 0.29) is 49.5 Å². The lowest BCUT2D eigenvalue weighted by Crippen LogP contribution is -2.64. The van der Waals surface area contributed by atoms with E-state index < -0.39 is 158 Å². The van der Waals surface area contributed by atoms with Gasteiger partial charge in [0, 0.05) is 52.0 Å². The Morgan fingerprint density at radius 1 is 0.775 bits per heavy atom. The highest BCUT2D eigenvalue weighted by molar-refractivity contribution is 6.39. The number of hydrogen-bond donors (Lipinski definition) is 11. The molecular formula is C56H91NO23. The monoisotopic (exact) mass is 1150 g/mol. The highest BCUT2D eigenvalue weighted by Crippen LogP contribution is 2.40. The van der Waals surface area contributed by atoms with Gasteiger partial charge < -0.3 is 99.0 Å². The maximum Gasteiger partial charge on any atom is 0.329 e. The predicted molar refractivity (Wildman–Crippen MR) is 281 cm³/mol. The number of esters is 1. The van der Waals surface area contributed by atoms with Gasteiger partial charge in [0.2, 0.25) is 5.79 Å². The second-order valence-electron chi connectivity index (χ2n) is 22.8. The number of ether oxygens (including phenoxy) is 8. The van der Waals surface area contributed by atoms with Crippen molar-refractivity contribution in [3.8, 4) is 0 Å². The maximum atomic E-state index is 14.3. The Labute approximate surface area is 468 Å². The van der Waals surface area contributed by atoms with Gasteiger partial charge in [0.25, 0.3) is 11.7 Å². The van der Waals surface area contributed by atoms with E-state index in [0.29, 0.717) is 56.9 Å². The predicted octanol–water partition coefficient (Wildman–Crippen LogP) is -0.758. The molecule has 5 fully saturated rings. The first-order valence-corrected chi connectivity index (χ1v) is 28.0. The minimum atomic E-state index is -2.51. The summed E-state index contributed by atoms with van der Waals surface area (Å²) in [5.74, 6) is -7.76. The van der Waals surface area contributed by atoms with E-state index in [0.717, 1.165) is 5.57 Å². The summed E-state index contributed by atoms with van der Waals surface area (Å²) >= 11 is 0. The Morgan fingerprint density at radius 3 is 2.05 bits per heavy atom. The number of allylic oxidation sites excluding steroid dienone is 4. The van der Waals surface area contributed by atoms with Gasteiger partial charge in [-0.1, -0.05) is 44.6 Å². The quantitative estimate of drug-likeness (QED) is 0.0688. The number of ketones is 2. The van der Waals surface area contributed by atoms with E-state index >= 15 is 0 Å². The number of cyclic esters (lactones) is 1. The van der Waals surface area contributed by atoms with Crippen LogP contribution in [0.5, 0.6) is 0 Å². The third-order valence-electron chi connectivity index (χ3n) is 16.9. The van der Waals surface area contributed by atoms with Gasteiger partial charge in [0.15, 0.2) is 12.6 Å². The first kappa shape index (κ1) is 67.6. The van der Waals surface area contributed by atoms with Gasteiger partial charge in [-0.2, -0.15) is 0 Å². The summed E-state index contributed by atoms with van der Waals surface area (Å²) < 4.78 is 45.0. The van der Waals surface area contributed by atoms with Gasteiger partial charge in [-0.05, 0) is 95.5 Å². The van der Waals surface area contributed by atoms with Crippen LogP contribution in [0.3, 0.4) is 0 Å². The number of nitrogens with zero attached hydrogens (tertiary/aromatic N) is 1. The molecule has 24 heteroatoms. The van der Waals surface area contributed by atoms with Crippen LogP contribution in [0.25, 0.3) is 0 Å². The maximum absolute atomic E-state index is 14.3. The molecule has 458 valence electrons. The molecule has 2 bridgehead atoms. The number of hydrogen-bond acceptors (Lipinski definition) is 23. The van der Waals surface area contributed by atoms with Crippen molar-refractivity contribution in [1.82, 2.24) is 4.90 Å². The van der Waals surface area contributed by atoms with Crippen molar-refractivity contribution in [3.63, 3.8) is 0 Å². The third-order valence-corrected chi connectivity index (χ3v) is 16.9. The summed E-state index contributed by atoms with van der Waals surface area (Å²) in [7, 11) is 4.61. The van der Waals surface area contributed by atoms with Crippen LogP contribution in [0.4, 0.5) is 0 Å². The zero-order chi connectivity index (χ0) is 59.5. The summed E-state index contributed by atoms with van der Waals surface area (Å²) in [6.45, 7) is 11.8. The number of methoxy groups -OCH3 is 3. The van der Waals surface area contributed by atoms with Crippen LogP contribution in [0.1, 0.15) is 105 Å². The number of carbonyl (C=O) groups is 4. The fraction of sp³-hybridized carbons (Fsp3) is 0.821. The van der Waals surface area contributed by atoms with Crippen LogP contribution < -0.4 is 0 Å². The SMILES string of the molecule is C=CC[C@@H]1/C=C(\C)C[C@H](C)C[C@H](OC)[C@H]2O[C@@](O)(C(=O)C(=O)N3CCCC[C@H]3C(=O)O[C@H](/C(C)=C/[C@@H]3CC[C@@H](O)[C@H](OC)C3)[C@H](C)[C@@H](O)CC1=O)[C@H](C)C[C@@H]2OC.OC[C@H]1O[C@@H](O[C@H]2[C@H](O)[C@@H](O)C(O)O[C@@H]2CO)[C@H](O)[C@@H](O)[C@H]1O. The molecule has 0 aromatic rings. The summed E-state index contributed by atoms with van der Waals surface area (Å²) in [6, 6.07) is -1.14. The molecule has 11 N–H and O–H groups in total. The van der Waals surface area contributed by atoms with Gasteiger partial charge in [-0.15, -0.1) is 6.58 Å². The number of carbonyl (C=O) groups excluding carboxylic acids is 4. The van der Waals surface area contributed by atoms with Gasteiger partial charge in [0.1, 0.15) is 72.9 Å². The van der Waals surface area contributed by atoms with Crippen molar-refractivity contribution < 1.29 is 113 Å². The Bertz CT molecular complexity index is 2090. The molecule has 1 aliphatic carbocycles. The molecule has 5 heterocycles. The van der Waals surface area contributed by atoms with Crippen molar-refractivity contribution in [2.75, 3.05) is 41.1 Å². The summed E-state index contributed by atoms with van der Waals surface area (Å²) in [4.78, 5) is 57.8. The van der Waals surface area contributed by atoms with Crippen molar-refractivity contribution >= 4 is 23.4 Å². The molecule has 0 radical (unpaired) electrons. The van der Waals surface area contributed by atoms with Crippen molar-refractivity contribution in [1.29, 1.82) is 0 Å². The van der Waals surface area contributed by atoms with Crippen molar-refractivity contribution in [2.24, 2.45) is 29.6 Å². The van der Waals surface area contributed by atoms with Crippen LogP contribution in [-0.4, -0.2) is 242 Å². The number of aliphatic hydroxyl groups is 11. The van der Waals surface area contributed by atoms with E-state index in [9.17, 15) is 70.2 Å². The highest BCUT2D eigenvalue weighted by Gasteiger charge is 2.57. The molecule has 6 aliphatic rings. The molecular weight excluding hydrogens is 1050 g/mol. The fourth-order valence-corrected chi connectivity index (χ4v) is 12.0. The number of fused-ring (bicyclic) bond motifs is 3.